The van der Waals surface area contributed by atoms with Crippen LogP contribution in [0.2, 0.25) is 0 Å². The zero-order chi connectivity index (χ0) is 17.6. The Hall–Kier alpha value is -1.79. The van der Waals surface area contributed by atoms with Gasteiger partial charge in [0.05, 0.1) is 0 Å². The third kappa shape index (κ3) is 4.64. The number of rotatable bonds is 6. The molecule has 2 aromatic rings. The minimum atomic E-state index is 0.0864. The van der Waals surface area contributed by atoms with Crippen molar-refractivity contribution in [2.75, 3.05) is 26.4 Å². The van der Waals surface area contributed by atoms with Crippen molar-refractivity contribution in [2.45, 2.75) is 36.7 Å². The monoisotopic (exact) mass is 358 g/mol. The number of benzene rings is 1. The molecule has 6 heteroatoms. The highest BCUT2D eigenvalue weighted by Gasteiger charge is 2.20. The number of hydrogen-bond donors (Lipinski definition) is 1. The van der Waals surface area contributed by atoms with Crippen LogP contribution in [0.15, 0.2) is 41.4 Å². The van der Waals surface area contributed by atoms with E-state index in [9.17, 15) is 4.79 Å². The molecule has 0 spiro atoms. The molecule has 0 bridgehead atoms. The van der Waals surface area contributed by atoms with Crippen LogP contribution in [0.3, 0.4) is 0 Å². The van der Waals surface area contributed by atoms with Gasteiger partial charge in [-0.3, -0.25) is 9.48 Å². The molecule has 1 atom stereocenters. The molecule has 1 aliphatic rings. The molecule has 2 heterocycles. The van der Waals surface area contributed by atoms with Crippen molar-refractivity contribution in [3.05, 3.63) is 47.8 Å². The molecule has 3 rings (SSSR count). The number of thioether (sulfide) groups is 1. The molecule has 1 aromatic heterocycles. The number of nitrogens with one attached hydrogen (secondary N) is 1. The molecular formula is C19H26N4OS. The van der Waals surface area contributed by atoms with Crippen LogP contribution in [-0.4, -0.2) is 47.0 Å². The Labute approximate surface area is 153 Å². The molecule has 5 nitrogen and oxygen atoms in total. The van der Waals surface area contributed by atoms with Gasteiger partial charge in [-0.25, -0.2) is 0 Å². The maximum Gasteiger partial charge on any atom is 0.244 e. The minimum Gasteiger partial charge on any atom is -0.340 e. The van der Waals surface area contributed by atoms with Crippen LogP contribution in [-0.2, 0) is 17.9 Å². The molecule has 1 amide bonds. The number of piperidine rings is 1. The quantitative estimate of drug-likeness (QED) is 0.807. The highest BCUT2D eigenvalue weighted by Crippen LogP contribution is 2.23. The van der Waals surface area contributed by atoms with Gasteiger partial charge in [0.25, 0.3) is 0 Å². The van der Waals surface area contributed by atoms with E-state index in [1.807, 2.05) is 23.9 Å². The zero-order valence-corrected chi connectivity index (χ0v) is 15.8. The molecule has 1 aromatic carbocycles. The normalized spacial score (nSPS) is 17.4. The molecular weight excluding hydrogens is 332 g/mol. The number of carbonyl (C=O) groups is 1. The van der Waals surface area contributed by atoms with E-state index in [2.05, 4.69) is 34.9 Å². The average molecular weight is 359 g/mol. The second-order valence-corrected chi connectivity index (χ2v) is 7.44. The molecule has 0 saturated carbocycles. The Kier molecular flexibility index (Phi) is 6.15. The summed E-state index contributed by atoms with van der Waals surface area (Å²) in [6, 6.07) is 10.4. The van der Waals surface area contributed by atoms with Gasteiger partial charge in [0, 0.05) is 42.8 Å². The van der Waals surface area contributed by atoms with E-state index in [4.69, 9.17) is 0 Å². The highest BCUT2D eigenvalue weighted by atomic mass is 32.2. The van der Waals surface area contributed by atoms with Gasteiger partial charge in [-0.15, -0.1) is 11.8 Å². The summed E-state index contributed by atoms with van der Waals surface area (Å²) in [6.45, 7) is 2.98. The predicted octanol–water partition coefficient (Wildman–Crippen LogP) is 2.73. The zero-order valence-electron chi connectivity index (χ0n) is 14.9. The summed E-state index contributed by atoms with van der Waals surface area (Å²) in [6.07, 6.45) is 6.20. The van der Waals surface area contributed by atoms with Crippen LogP contribution in [0.5, 0.6) is 0 Å². The first-order valence-electron chi connectivity index (χ1n) is 8.76. The molecule has 1 N–H and O–H groups in total. The SMILES string of the molecule is CSc1cccc(CN(C)C(=O)Cn2nccc2C2CCCNC2)c1. The molecule has 0 radical (unpaired) electrons. The van der Waals surface area contributed by atoms with Gasteiger partial charge < -0.3 is 10.2 Å². The number of likely N-dealkylation sites (N-methyl/N-ethyl adjacent to an activating group) is 1. The van der Waals surface area contributed by atoms with E-state index in [0.717, 1.165) is 25.1 Å². The van der Waals surface area contributed by atoms with E-state index >= 15 is 0 Å². The molecule has 1 aliphatic heterocycles. The summed E-state index contributed by atoms with van der Waals surface area (Å²) in [4.78, 5) is 15.7. The van der Waals surface area contributed by atoms with Gasteiger partial charge in [-0.2, -0.15) is 5.10 Å². The number of carbonyl (C=O) groups excluding carboxylic acids is 1. The number of aromatic nitrogens is 2. The summed E-state index contributed by atoms with van der Waals surface area (Å²) < 4.78 is 1.87. The maximum absolute atomic E-state index is 12.6. The number of hydrogen-bond acceptors (Lipinski definition) is 4. The summed E-state index contributed by atoms with van der Waals surface area (Å²) in [5.74, 6) is 0.538. The lowest BCUT2D eigenvalue weighted by molar-refractivity contribution is -0.131. The van der Waals surface area contributed by atoms with Crippen molar-refractivity contribution in [1.82, 2.24) is 20.0 Å². The highest BCUT2D eigenvalue weighted by molar-refractivity contribution is 7.98. The molecule has 1 unspecified atom stereocenters. The van der Waals surface area contributed by atoms with Crippen LogP contribution in [0, 0.1) is 0 Å². The summed E-state index contributed by atoms with van der Waals surface area (Å²) in [5.41, 5.74) is 2.32. The first kappa shape index (κ1) is 18.0. The van der Waals surface area contributed by atoms with Gasteiger partial charge >= 0.3 is 0 Å². The average Bonchev–Trinajstić information content (AvgIpc) is 3.10. The van der Waals surface area contributed by atoms with Crippen LogP contribution in [0.4, 0.5) is 0 Å². The van der Waals surface area contributed by atoms with Gasteiger partial charge in [-0.05, 0) is 49.4 Å². The van der Waals surface area contributed by atoms with Crippen LogP contribution in [0.25, 0.3) is 0 Å². The number of nitrogens with zero attached hydrogens (tertiary/aromatic N) is 3. The van der Waals surface area contributed by atoms with E-state index < -0.39 is 0 Å². The minimum absolute atomic E-state index is 0.0864. The van der Waals surface area contributed by atoms with E-state index in [1.165, 1.54) is 17.0 Å². The van der Waals surface area contributed by atoms with Gasteiger partial charge in [0.2, 0.25) is 5.91 Å². The Morgan fingerprint density at radius 3 is 3.08 bits per heavy atom. The second kappa shape index (κ2) is 8.54. The van der Waals surface area contributed by atoms with Crippen LogP contribution < -0.4 is 5.32 Å². The molecule has 25 heavy (non-hydrogen) atoms. The molecule has 0 aliphatic carbocycles. The fourth-order valence-electron chi connectivity index (χ4n) is 3.31. The van der Waals surface area contributed by atoms with E-state index in [1.54, 1.807) is 22.9 Å². The van der Waals surface area contributed by atoms with Crippen molar-refractivity contribution < 1.29 is 4.79 Å². The lowest BCUT2D eigenvalue weighted by Gasteiger charge is -2.24. The first-order valence-corrected chi connectivity index (χ1v) is 9.99. The van der Waals surface area contributed by atoms with Crippen molar-refractivity contribution >= 4 is 17.7 Å². The topological polar surface area (TPSA) is 50.2 Å². The van der Waals surface area contributed by atoms with Crippen molar-refractivity contribution in [3.63, 3.8) is 0 Å². The lowest BCUT2D eigenvalue weighted by Crippen LogP contribution is -2.33. The van der Waals surface area contributed by atoms with Crippen molar-refractivity contribution in [2.24, 2.45) is 0 Å². The standard InChI is InChI=1S/C19H26N4OS/c1-22(13-15-5-3-7-17(11-15)25-2)19(24)14-23-18(8-10-21-23)16-6-4-9-20-12-16/h3,5,7-8,10-11,16,20H,4,6,9,12-14H2,1-2H3. The largest absolute Gasteiger partial charge is 0.340 e. The summed E-state index contributed by atoms with van der Waals surface area (Å²) >= 11 is 1.72. The number of amides is 1. The Balaban J connectivity index is 1.62. The summed E-state index contributed by atoms with van der Waals surface area (Å²) in [5, 5.41) is 7.82. The van der Waals surface area contributed by atoms with Gasteiger partial charge in [-0.1, -0.05) is 12.1 Å². The Bertz CT molecular complexity index is 709. The van der Waals surface area contributed by atoms with Gasteiger partial charge in [0.15, 0.2) is 0 Å². The molecule has 1 fully saturated rings. The summed E-state index contributed by atoms with van der Waals surface area (Å²) in [7, 11) is 1.86. The Morgan fingerprint density at radius 2 is 2.32 bits per heavy atom. The van der Waals surface area contributed by atoms with Crippen molar-refractivity contribution in [1.29, 1.82) is 0 Å². The lowest BCUT2D eigenvalue weighted by atomic mass is 9.96. The van der Waals surface area contributed by atoms with E-state index in [0.29, 0.717) is 19.0 Å². The fourth-order valence-corrected chi connectivity index (χ4v) is 3.79. The smallest absolute Gasteiger partial charge is 0.244 e. The fraction of sp³-hybridized carbons (Fsp3) is 0.474. The Morgan fingerprint density at radius 1 is 1.44 bits per heavy atom. The second-order valence-electron chi connectivity index (χ2n) is 6.56. The maximum atomic E-state index is 12.6. The molecule has 134 valence electrons. The van der Waals surface area contributed by atoms with Gasteiger partial charge in [0.1, 0.15) is 6.54 Å². The third-order valence-electron chi connectivity index (χ3n) is 4.73. The predicted molar refractivity (Wildman–Crippen MR) is 102 cm³/mol. The van der Waals surface area contributed by atoms with Crippen LogP contribution >= 0.6 is 11.8 Å². The molecule has 1 saturated heterocycles. The van der Waals surface area contributed by atoms with Crippen LogP contribution in [0.1, 0.15) is 30.0 Å². The van der Waals surface area contributed by atoms with Crippen molar-refractivity contribution in [3.8, 4) is 0 Å². The third-order valence-corrected chi connectivity index (χ3v) is 5.45. The van der Waals surface area contributed by atoms with E-state index in [-0.39, 0.29) is 5.91 Å². The first-order chi connectivity index (χ1) is 12.2.